The summed E-state index contributed by atoms with van der Waals surface area (Å²) in [5.74, 6) is -3.98. The Morgan fingerprint density at radius 2 is 0.897 bits per heavy atom. The van der Waals surface area contributed by atoms with E-state index in [0.29, 0.717) is 0 Å². The number of ketones is 2. The maximum Gasteiger partial charge on any atom is 0.339 e. The van der Waals surface area contributed by atoms with E-state index in [4.69, 9.17) is 9.47 Å². The second-order valence-electron chi connectivity index (χ2n) is 7.59. The Morgan fingerprint density at radius 1 is 0.538 bits per heavy atom. The van der Waals surface area contributed by atoms with Crippen LogP contribution in [0.1, 0.15) is 41.4 Å². The average molecular weight is 537 g/mol. The molecule has 0 N–H and O–H groups in total. The fourth-order valence-electron chi connectivity index (χ4n) is 3.12. The number of nitrogens with zero attached hydrogens (tertiary/aromatic N) is 3. The van der Waals surface area contributed by atoms with E-state index in [1.165, 1.54) is 0 Å². The van der Waals surface area contributed by atoms with Gasteiger partial charge >= 0.3 is 11.9 Å². The van der Waals surface area contributed by atoms with Crippen LogP contribution in [0, 0.1) is 30.3 Å². The number of non-ortho nitro benzene ring substituents is 3. The number of carbonyl (C=O) groups is 4. The molecule has 15 heteroatoms. The van der Waals surface area contributed by atoms with Gasteiger partial charge in [0.15, 0.2) is 24.8 Å². The molecule has 3 aromatic rings. The first-order valence-corrected chi connectivity index (χ1v) is 10.7. The van der Waals surface area contributed by atoms with Crippen LogP contribution in [0.15, 0.2) is 66.7 Å². The summed E-state index contributed by atoms with van der Waals surface area (Å²) in [7, 11) is 0. The average Bonchev–Trinajstić information content (AvgIpc) is 2.93. The molecule has 0 aliphatic heterocycles. The third-order valence-electron chi connectivity index (χ3n) is 5.12. The zero-order chi connectivity index (χ0) is 28.7. The van der Waals surface area contributed by atoms with Gasteiger partial charge in [0.2, 0.25) is 0 Å². The SMILES string of the molecule is O=C(COC(=O)c1ccc([N+](=O)[O-])cc1C(=O)OCC(=O)c1ccc([N+](=O)[O-])cc1)c1ccc([N+](=O)[O-])cc1. The van der Waals surface area contributed by atoms with Gasteiger partial charge in [0.1, 0.15) is 0 Å². The summed E-state index contributed by atoms with van der Waals surface area (Å²) in [4.78, 5) is 80.3. The molecule has 39 heavy (non-hydrogen) atoms. The first-order chi connectivity index (χ1) is 18.5. The quantitative estimate of drug-likeness (QED) is 0.149. The van der Waals surface area contributed by atoms with Gasteiger partial charge in [0.25, 0.3) is 17.1 Å². The highest BCUT2D eigenvalue weighted by Gasteiger charge is 2.25. The van der Waals surface area contributed by atoms with E-state index < -0.39 is 68.3 Å². The van der Waals surface area contributed by atoms with Gasteiger partial charge in [-0.3, -0.25) is 39.9 Å². The van der Waals surface area contributed by atoms with Crippen LogP contribution in [-0.4, -0.2) is 51.5 Å². The molecule has 198 valence electrons. The number of hydrogen-bond donors (Lipinski definition) is 0. The number of nitro benzene ring substituents is 3. The van der Waals surface area contributed by atoms with Crippen molar-refractivity contribution in [2.24, 2.45) is 0 Å². The minimum atomic E-state index is -1.29. The number of ether oxygens (including phenoxy) is 2. The van der Waals surface area contributed by atoms with E-state index in [0.717, 1.165) is 66.7 Å². The number of carbonyl (C=O) groups excluding carboxylic acids is 4. The van der Waals surface area contributed by atoms with Crippen molar-refractivity contribution in [3.63, 3.8) is 0 Å². The van der Waals surface area contributed by atoms with E-state index in [1.54, 1.807) is 0 Å². The van der Waals surface area contributed by atoms with Gasteiger partial charge < -0.3 is 9.47 Å². The molecule has 0 saturated carbocycles. The molecule has 0 aromatic heterocycles. The predicted octanol–water partition coefficient (Wildman–Crippen LogP) is 3.49. The number of rotatable bonds is 11. The summed E-state index contributed by atoms with van der Waals surface area (Å²) in [6.07, 6.45) is 0. The highest BCUT2D eigenvalue weighted by atomic mass is 16.6. The first-order valence-electron chi connectivity index (χ1n) is 10.7. The third kappa shape index (κ3) is 6.88. The lowest BCUT2D eigenvalue weighted by molar-refractivity contribution is -0.385. The van der Waals surface area contributed by atoms with Crippen LogP contribution in [0.25, 0.3) is 0 Å². The molecule has 3 aromatic carbocycles. The number of Topliss-reactive ketones (excluding diaryl/α,β-unsaturated/α-hetero) is 2. The van der Waals surface area contributed by atoms with Crippen molar-refractivity contribution in [3.05, 3.63) is 119 Å². The molecule has 0 unspecified atom stereocenters. The van der Waals surface area contributed by atoms with Crippen LogP contribution < -0.4 is 0 Å². The fraction of sp³-hybridized carbons (Fsp3) is 0.0833. The van der Waals surface area contributed by atoms with Crippen molar-refractivity contribution in [2.45, 2.75) is 0 Å². The van der Waals surface area contributed by atoms with Crippen LogP contribution in [0.5, 0.6) is 0 Å². The molecule has 0 aliphatic carbocycles. The summed E-state index contributed by atoms with van der Waals surface area (Å²) in [5.41, 5.74) is -2.24. The smallest absolute Gasteiger partial charge is 0.339 e. The molecule has 0 saturated heterocycles. The van der Waals surface area contributed by atoms with E-state index in [1.807, 2.05) is 0 Å². The van der Waals surface area contributed by atoms with Crippen molar-refractivity contribution in [1.29, 1.82) is 0 Å². The Hall–Kier alpha value is -5.86. The molecule has 15 nitrogen and oxygen atoms in total. The van der Waals surface area contributed by atoms with E-state index in [2.05, 4.69) is 0 Å². The third-order valence-corrected chi connectivity index (χ3v) is 5.12. The molecule has 0 aliphatic rings. The number of benzene rings is 3. The lowest BCUT2D eigenvalue weighted by Gasteiger charge is -2.10. The van der Waals surface area contributed by atoms with Crippen LogP contribution in [-0.2, 0) is 9.47 Å². The summed E-state index contributed by atoms with van der Waals surface area (Å²) in [6.45, 7) is -1.67. The van der Waals surface area contributed by atoms with Gasteiger partial charge in [-0.25, -0.2) is 9.59 Å². The Balaban J connectivity index is 1.72. The molecule has 0 atom stereocenters. The minimum absolute atomic E-state index is 0.00138. The van der Waals surface area contributed by atoms with Gasteiger partial charge in [-0.2, -0.15) is 0 Å². The van der Waals surface area contributed by atoms with Crippen LogP contribution in [0.4, 0.5) is 17.1 Å². The van der Waals surface area contributed by atoms with Gasteiger partial charge in [-0.1, -0.05) is 0 Å². The predicted molar refractivity (Wildman–Crippen MR) is 129 cm³/mol. The van der Waals surface area contributed by atoms with Crippen molar-refractivity contribution in [1.82, 2.24) is 0 Å². The van der Waals surface area contributed by atoms with Gasteiger partial charge in [-0.15, -0.1) is 0 Å². The Bertz CT molecular complexity index is 1500. The number of nitro groups is 3. The normalized spacial score (nSPS) is 10.3. The highest BCUT2D eigenvalue weighted by Crippen LogP contribution is 2.21. The van der Waals surface area contributed by atoms with Crippen molar-refractivity contribution in [2.75, 3.05) is 13.2 Å². The topological polar surface area (TPSA) is 216 Å². The van der Waals surface area contributed by atoms with Crippen molar-refractivity contribution in [3.8, 4) is 0 Å². The van der Waals surface area contributed by atoms with Crippen LogP contribution >= 0.6 is 0 Å². The van der Waals surface area contributed by atoms with Crippen LogP contribution in [0.2, 0.25) is 0 Å². The standard InChI is InChI=1S/C24H15N3O12/c28-21(14-1-5-16(6-2-14)25(32)33)12-38-23(30)19-10-9-18(27(36)37)11-20(19)24(31)39-13-22(29)15-3-7-17(8-4-15)26(34)35/h1-11H,12-13H2. The monoisotopic (exact) mass is 537 g/mol. The fourth-order valence-corrected chi connectivity index (χ4v) is 3.12. The molecular formula is C24H15N3O12. The Kier molecular flexibility index (Phi) is 8.47. The van der Waals surface area contributed by atoms with E-state index >= 15 is 0 Å². The Morgan fingerprint density at radius 3 is 1.28 bits per heavy atom. The van der Waals surface area contributed by atoms with E-state index in [9.17, 15) is 49.5 Å². The molecule has 0 amide bonds. The van der Waals surface area contributed by atoms with Gasteiger partial charge in [0, 0.05) is 47.5 Å². The molecule has 0 heterocycles. The first kappa shape index (κ1) is 27.7. The van der Waals surface area contributed by atoms with E-state index in [-0.39, 0.29) is 22.5 Å². The zero-order valence-electron chi connectivity index (χ0n) is 19.5. The van der Waals surface area contributed by atoms with Crippen molar-refractivity contribution >= 4 is 40.6 Å². The number of hydrogen-bond acceptors (Lipinski definition) is 12. The molecule has 0 bridgehead atoms. The maximum absolute atomic E-state index is 12.7. The second-order valence-corrected chi connectivity index (χ2v) is 7.59. The molecule has 3 rings (SSSR count). The maximum atomic E-state index is 12.7. The van der Waals surface area contributed by atoms with Crippen molar-refractivity contribution < 1.29 is 43.4 Å². The summed E-state index contributed by atoms with van der Waals surface area (Å²) in [6, 6.07) is 11.5. The second kappa shape index (κ2) is 11.9. The minimum Gasteiger partial charge on any atom is -0.454 e. The Labute approximate surface area is 217 Å². The highest BCUT2D eigenvalue weighted by molar-refractivity contribution is 6.06. The lowest BCUT2D eigenvalue weighted by Crippen LogP contribution is -2.20. The summed E-state index contributed by atoms with van der Waals surface area (Å²) in [5, 5.41) is 32.6. The summed E-state index contributed by atoms with van der Waals surface area (Å²) >= 11 is 0. The molecule has 0 spiro atoms. The largest absolute Gasteiger partial charge is 0.454 e. The molecular weight excluding hydrogens is 522 g/mol. The lowest BCUT2D eigenvalue weighted by atomic mass is 10.1. The number of esters is 2. The van der Waals surface area contributed by atoms with Gasteiger partial charge in [-0.05, 0) is 30.3 Å². The van der Waals surface area contributed by atoms with Gasteiger partial charge in [0.05, 0.1) is 25.9 Å². The summed E-state index contributed by atoms with van der Waals surface area (Å²) < 4.78 is 9.81. The zero-order valence-corrected chi connectivity index (χ0v) is 19.5. The van der Waals surface area contributed by atoms with Crippen LogP contribution in [0.3, 0.4) is 0 Å². The molecule has 0 fully saturated rings. The molecule has 0 radical (unpaired) electrons.